The summed E-state index contributed by atoms with van der Waals surface area (Å²) in [7, 11) is 3.12. The Hall–Kier alpha value is -1.46. The minimum atomic E-state index is -0.878. The maximum atomic E-state index is 10.2. The predicted octanol–water partition coefficient (Wildman–Crippen LogP) is 3.14. The van der Waals surface area contributed by atoms with E-state index >= 15 is 0 Å². The van der Waals surface area contributed by atoms with E-state index in [1.165, 1.54) is 0 Å². The van der Waals surface area contributed by atoms with Gasteiger partial charge in [0.2, 0.25) is 0 Å². The van der Waals surface area contributed by atoms with Gasteiger partial charge in [-0.1, -0.05) is 0 Å². The van der Waals surface area contributed by atoms with Crippen molar-refractivity contribution in [3.05, 3.63) is 46.3 Å². The van der Waals surface area contributed by atoms with Crippen LogP contribution in [0.3, 0.4) is 0 Å². The Morgan fingerprint density at radius 3 is 2.50 bits per heavy atom. The van der Waals surface area contributed by atoms with Crippen molar-refractivity contribution in [2.75, 3.05) is 14.2 Å². The average molecular weight is 313 g/mol. The molecule has 4 nitrogen and oxygen atoms in total. The first kappa shape index (κ1) is 13.0. The van der Waals surface area contributed by atoms with Crippen LogP contribution in [0.1, 0.15) is 17.4 Å². The van der Waals surface area contributed by atoms with Crippen molar-refractivity contribution in [2.45, 2.75) is 6.10 Å². The Balaban J connectivity index is 2.38. The molecule has 5 heteroatoms. The van der Waals surface area contributed by atoms with Crippen LogP contribution in [0.5, 0.6) is 11.5 Å². The average Bonchev–Trinajstić information content (AvgIpc) is 2.83. The van der Waals surface area contributed by atoms with Crippen molar-refractivity contribution in [1.29, 1.82) is 0 Å². The third-order valence-corrected chi connectivity index (χ3v) is 3.02. The molecule has 1 N–H and O–H groups in total. The van der Waals surface area contributed by atoms with E-state index in [9.17, 15) is 5.11 Å². The predicted molar refractivity (Wildman–Crippen MR) is 70.0 cm³/mol. The Morgan fingerprint density at radius 1 is 1.17 bits per heavy atom. The van der Waals surface area contributed by atoms with E-state index in [0.717, 1.165) is 0 Å². The van der Waals surface area contributed by atoms with Crippen LogP contribution in [0.2, 0.25) is 0 Å². The molecule has 0 aliphatic rings. The standard InChI is InChI=1S/C13H13BrO4/c1-16-8-3-4-9(11(7-8)17-2)13(15)10-5-6-12(14)18-10/h3-7,13,15H,1-2H3. The number of hydrogen-bond donors (Lipinski definition) is 1. The highest BCUT2D eigenvalue weighted by molar-refractivity contribution is 9.10. The van der Waals surface area contributed by atoms with E-state index in [-0.39, 0.29) is 0 Å². The van der Waals surface area contributed by atoms with Gasteiger partial charge in [0.25, 0.3) is 0 Å². The molecule has 0 saturated carbocycles. The van der Waals surface area contributed by atoms with Crippen LogP contribution in [0.25, 0.3) is 0 Å². The van der Waals surface area contributed by atoms with Crippen LogP contribution in [-0.4, -0.2) is 19.3 Å². The number of aliphatic hydroxyl groups is 1. The monoisotopic (exact) mass is 312 g/mol. The van der Waals surface area contributed by atoms with Crippen LogP contribution in [0.4, 0.5) is 0 Å². The Morgan fingerprint density at radius 2 is 1.94 bits per heavy atom. The van der Waals surface area contributed by atoms with Crippen molar-refractivity contribution in [3.8, 4) is 11.5 Å². The lowest BCUT2D eigenvalue weighted by atomic mass is 10.1. The maximum absolute atomic E-state index is 10.2. The van der Waals surface area contributed by atoms with Crippen LogP contribution in [0.15, 0.2) is 39.4 Å². The number of methoxy groups -OCH3 is 2. The molecule has 0 radical (unpaired) electrons. The van der Waals surface area contributed by atoms with Gasteiger partial charge in [-0.25, -0.2) is 0 Å². The van der Waals surface area contributed by atoms with E-state index < -0.39 is 6.10 Å². The molecular weight excluding hydrogens is 300 g/mol. The molecule has 1 atom stereocenters. The third-order valence-electron chi connectivity index (χ3n) is 2.60. The summed E-state index contributed by atoms with van der Waals surface area (Å²) in [6, 6.07) is 8.67. The van der Waals surface area contributed by atoms with Gasteiger partial charge in [0, 0.05) is 11.6 Å². The highest BCUT2D eigenvalue weighted by Gasteiger charge is 2.19. The summed E-state index contributed by atoms with van der Waals surface area (Å²) in [5, 5.41) is 10.2. The minimum absolute atomic E-state index is 0.449. The molecule has 18 heavy (non-hydrogen) atoms. The number of aliphatic hydroxyl groups excluding tert-OH is 1. The van der Waals surface area contributed by atoms with E-state index in [2.05, 4.69) is 15.9 Å². The van der Waals surface area contributed by atoms with Gasteiger partial charge < -0.3 is 19.0 Å². The zero-order valence-corrected chi connectivity index (χ0v) is 11.6. The molecule has 0 saturated heterocycles. The topological polar surface area (TPSA) is 51.8 Å². The van der Waals surface area contributed by atoms with Crippen molar-refractivity contribution in [3.63, 3.8) is 0 Å². The molecule has 96 valence electrons. The van der Waals surface area contributed by atoms with Crippen LogP contribution >= 0.6 is 15.9 Å². The molecule has 1 heterocycles. The number of hydrogen-bond acceptors (Lipinski definition) is 4. The van der Waals surface area contributed by atoms with Crippen molar-refractivity contribution in [2.24, 2.45) is 0 Å². The summed E-state index contributed by atoms with van der Waals surface area (Å²) in [6.07, 6.45) is -0.878. The smallest absolute Gasteiger partial charge is 0.169 e. The first-order valence-corrected chi connectivity index (χ1v) is 6.10. The van der Waals surface area contributed by atoms with Crippen molar-refractivity contribution >= 4 is 15.9 Å². The zero-order chi connectivity index (χ0) is 13.1. The summed E-state index contributed by atoms with van der Waals surface area (Å²) in [5.41, 5.74) is 0.625. The van der Waals surface area contributed by atoms with E-state index in [1.807, 2.05) is 0 Å². The Labute approximate surface area is 113 Å². The molecule has 0 bridgehead atoms. The first-order chi connectivity index (χ1) is 8.65. The van der Waals surface area contributed by atoms with E-state index in [4.69, 9.17) is 13.9 Å². The molecule has 2 rings (SSSR count). The number of rotatable bonds is 4. The normalized spacial score (nSPS) is 12.2. The number of benzene rings is 1. The quantitative estimate of drug-likeness (QED) is 0.942. The summed E-state index contributed by atoms with van der Waals surface area (Å²) < 4.78 is 16.3. The molecular formula is C13H13BrO4. The van der Waals surface area contributed by atoms with Crippen molar-refractivity contribution < 1.29 is 19.0 Å². The minimum Gasteiger partial charge on any atom is -0.497 e. The van der Waals surface area contributed by atoms with Gasteiger partial charge in [-0.05, 0) is 40.2 Å². The Kier molecular flexibility index (Phi) is 3.93. The lowest BCUT2D eigenvalue weighted by Crippen LogP contribution is -2.01. The van der Waals surface area contributed by atoms with Crippen LogP contribution in [-0.2, 0) is 0 Å². The molecule has 1 aromatic heterocycles. The Bertz CT molecular complexity index is 536. The fourth-order valence-electron chi connectivity index (χ4n) is 1.67. The van der Waals surface area contributed by atoms with Gasteiger partial charge in [0.05, 0.1) is 14.2 Å². The first-order valence-electron chi connectivity index (χ1n) is 5.31. The number of ether oxygens (including phenoxy) is 2. The summed E-state index contributed by atoms with van der Waals surface area (Å²) in [5.74, 6) is 1.67. The van der Waals surface area contributed by atoms with E-state index in [1.54, 1.807) is 44.6 Å². The summed E-state index contributed by atoms with van der Waals surface area (Å²) in [6.45, 7) is 0. The lowest BCUT2D eigenvalue weighted by Gasteiger charge is -2.14. The second kappa shape index (κ2) is 5.46. The summed E-state index contributed by atoms with van der Waals surface area (Å²) >= 11 is 3.20. The SMILES string of the molecule is COc1ccc(C(O)c2ccc(Br)o2)c(OC)c1. The van der Waals surface area contributed by atoms with Gasteiger partial charge in [-0.3, -0.25) is 0 Å². The van der Waals surface area contributed by atoms with Gasteiger partial charge in [-0.15, -0.1) is 0 Å². The molecule has 1 aromatic carbocycles. The number of furan rings is 1. The molecule has 0 fully saturated rings. The van der Waals surface area contributed by atoms with Gasteiger partial charge in [0.15, 0.2) is 4.67 Å². The highest BCUT2D eigenvalue weighted by atomic mass is 79.9. The van der Waals surface area contributed by atoms with E-state index in [0.29, 0.717) is 27.5 Å². The molecule has 1 unspecified atom stereocenters. The third kappa shape index (κ3) is 2.52. The zero-order valence-electron chi connectivity index (χ0n) is 10.0. The molecule has 0 amide bonds. The van der Waals surface area contributed by atoms with Crippen LogP contribution in [0, 0.1) is 0 Å². The fraction of sp³-hybridized carbons (Fsp3) is 0.231. The largest absolute Gasteiger partial charge is 0.497 e. The van der Waals surface area contributed by atoms with Gasteiger partial charge in [0.1, 0.15) is 23.4 Å². The molecule has 0 aliphatic carbocycles. The van der Waals surface area contributed by atoms with Gasteiger partial charge in [-0.2, -0.15) is 0 Å². The summed E-state index contributed by atoms with van der Waals surface area (Å²) in [4.78, 5) is 0. The second-order valence-corrected chi connectivity index (χ2v) is 4.43. The lowest BCUT2D eigenvalue weighted by molar-refractivity contribution is 0.183. The van der Waals surface area contributed by atoms with Gasteiger partial charge >= 0.3 is 0 Å². The van der Waals surface area contributed by atoms with Crippen molar-refractivity contribution in [1.82, 2.24) is 0 Å². The molecule has 2 aromatic rings. The van der Waals surface area contributed by atoms with Crippen LogP contribution < -0.4 is 9.47 Å². The maximum Gasteiger partial charge on any atom is 0.169 e. The second-order valence-electron chi connectivity index (χ2n) is 3.65. The number of halogens is 1. The fourth-order valence-corrected chi connectivity index (χ4v) is 1.99. The molecule has 0 aliphatic heterocycles. The highest BCUT2D eigenvalue weighted by Crippen LogP contribution is 2.34. The molecule has 0 spiro atoms.